The first-order valence-electron chi connectivity index (χ1n) is 8.64. The Morgan fingerprint density at radius 3 is 2.79 bits per heavy atom. The quantitative estimate of drug-likeness (QED) is 0.565. The second-order valence-corrected chi connectivity index (χ2v) is 7.57. The molecule has 0 fully saturated rings. The van der Waals surface area contributed by atoms with Crippen molar-refractivity contribution in [2.75, 3.05) is 18.5 Å². The van der Waals surface area contributed by atoms with Crippen LogP contribution in [0.4, 0.5) is 5.69 Å². The Hall–Kier alpha value is -2.51. The summed E-state index contributed by atoms with van der Waals surface area (Å²) in [6.45, 7) is 0.857. The van der Waals surface area contributed by atoms with Crippen molar-refractivity contribution in [2.45, 2.75) is 12.5 Å². The van der Waals surface area contributed by atoms with Crippen LogP contribution in [0.15, 0.2) is 53.0 Å². The van der Waals surface area contributed by atoms with Crippen LogP contribution in [0.25, 0.3) is 0 Å². The van der Waals surface area contributed by atoms with Crippen LogP contribution in [0.5, 0.6) is 5.75 Å². The predicted molar refractivity (Wildman–Crippen MR) is 113 cm³/mol. The number of nitrogens with two attached hydrogens (primary N) is 1. The van der Waals surface area contributed by atoms with Gasteiger partial charge in [-0.25, -0.2) is 0 Å². The van der Waals surface area contributed by atoms with Crippen molar-refractivity contribution in [3.63, 3.8) is 0 Å². The topological polar surface area (TPSA) is 93.5 Å². The first kappa shape index (κ1) is 20.2. The average Bonchev–Trinajstić information content (AvgIpc) is 2.65. The Bertz CT molecular complexity index is 933. The molecule has 6 nitrogen and oxygen atoms in total. The van der Waals surface area contributed by atoms with Crippen molar-refractivity contribution in [1.29, 1.82) is 0 Å². The smallest absolute Gasteiger partial charge is 0.254 e. The molecule has 0 saturated carbocycles. The molecule has 0 aliphatic carbocycles. The summed E-state index contributed by atoms with van der Waals surface area (Å²) in [5, 5.41) is 6.34. The van der Waals surface area contributed by atoms with E-state index in [1.807, 2.05) is 18.2 Å². The molecule has 2 heterocycles. The fourth-order valence-electron chi connectivity index (χ4n) is 2.80. The third kappa shape index (κ3) is 5.05. The summed E-state index contributed by atoms with van der Waals surface area (Å²) in [7, 11) is 0. The lowest BCUT2D eigenvalue weighted by Crippen LogP contribution is -2.46. The van der Waals surface area contributed by atoms with Crippen molar-refractivity contribution in [2.24, 2.45) is 5.73 Å². The van der Waals surface area contributed by atoms with Crippen LogP contribution in [-0.4, -0.2) is 31.0 Å². The van der Waals surface area contributed by atoms with Crippen molar-refractivity contribution in [3.05, 3.63) is 69.2 Å². The maximum absolute atomic E-state index is 12.8. The van der Waals surface area contributed by atoms with Gasteiger partial charge >= 0.3 is 0 Å². The highest BCUT2D eigenvalue weighted by molar-refractivity contribution is 9.10. The summed E-state index contributed by atoms with van der Waals surface area (Å²) in [6.07, 6.45) is 3.98. The van der Waals surface area contributed by atoms with Crippen LogP contribution in [-0.2, 0) is 11.2 Å². The zero-order chi connectivity index (χ0) is 20.1. The van der Waals surface area contributed by atoms with E-state index in [0.717, 1.165) is 10.0 Å². The number of halogens is 2. The highest BCUT2D eigenvalue weighted by Crippen LogP contribution is 2.26. The number of hydrogen-bond acceptors (Lipinski definition) is 4. The molecule has 2 aromatic rings. The Morgan fingerprint density at radius 2 is 2.04 bits per heavy atom. The highest BCUT2D eigenvalue weighted by Gasteiger charge is 2.22. The lowest BCUT2D eigenvalue weighted by molar-refractivity contribution is -0.119. The van der Waals surface area contributed by atoms with Gasteiger partial charge in [0.2, 0.25) is 5.91 Å². The van der Waals surface area contributed by atoms with E-state index in [1.165, 1.54) is 0 Å². The van der Waals surface area contributed by atoms with Gasteiger partial charge in [-0.05, 0) is 42.0 Å². The van der Waals surface area contributed by atoms with Crippen molar-refractivity contribution in [1.82, 2.24) is 5.32 Å². The van der Waals surface area contributed by atoms with Gasteiger partial charge in [0.25, 0.3) is 5.91 Å². The van der Waals surface area contributed by atoms with Gasteiger partial charge in [-0.2, -0.15) is 0 Å². The number of carbonyl (C=O) groups excluding carboxylic acids is 2. The van der Waals surface area contributed by atoms with Gasteiger partial charge in [0, 0.05) is 23.1 Å². The number of primary amides is 1. The Labute approximate surface area is 176 Å². The number of nitrogens with one attached hydrogen (secondary N) is 2. The van der Waals surface area contributed by atoms with Crippen LogP contribution in [0.2, 0.25) is 5.02 Å². The first-order valence-corrected chi connectivity index (χ1v) is 9.81. The van der Waals surface area contributed by atoms with E-state index >= 15 is 0 Å². The average molecular weight is 465 g/mol. The van der Waals surface area contributed by atoms with Crippen LogP contribution in [0.1, 0.15) is 15.9 Å². The molecule has 2 amide bonds. The number of benzene rings is 2. The van der Waals surface area contributed by atoms with Crippen LogP contribution in [0, 0.1) is 0 Å². The van der Waals surface area contributed by atoms with E-state index in [0.29, 0.717) is 35.2 Å². The second-order valence-electron chi connectivity index (χ2n) is 6.25. The van der Waals surface area contributed by atoms with Gasteiger partial charge in [-0.3, -0.25) is 9.59 Å². The van der Waals surface area contributed by atoms with Gasteiger partial charge in [0.05, 0.1) is 10.6 Å². The number of ether oxygens (including phenoxy) is 1. The summed E-state index contributed by atoms with van der Waals surface area (Å²) in [5.41, 5.74) is 7.33. The van der Waals surface area contributed by atoms with Gasteiger partial charge in [-0.15, -0.1) is 0 Å². The van der Waals surface area contributed by atoms with E-state index < -0.39 is 17.9 Å². The SMILES string of the molecule is NC(=O)C1Cc2ccc(c(Cl)c2)OCC=CCNc2ccc(Br)cc2C(=O)N1. The van der Waals surface area contributed by atoms with E-state index in [1.54, 1.807) is 30.3 Å². The van der Waals surface area contributed by atoms with Crippen LogP contribution >= 0.6 is 27.5 Å². The zero-order valence-electron chi connectivity index (χ0n) is 14.9. The summed E-state index contributed by atoms with van der Waals surface area (Å²) in [5.74, 6) is -0.474. The Balaban J connectivity index is 1.96. The van der Waals surface area contributed by atoms with Gasteiger partial charge < -0.3 is 21.1 Å². The fourth-order valence-corrected chi connectivity index (χ4v) is 3.42. The molecule has 2 aliphatic rings. The lowest BCUT2D eigenvalue weighted by atomic mass is 10.0. The number of amides is 2. The Kier molecular flexibility index (Phi) is 6.59. The predicted octanol–water partition coefficient (Wildman–Crippen LogP) is 3.29. The third-order valence-corrected chi connectivity index (χ3v) is 5.01. The number of anilines is 1. The highest BCUT2D eigenvalue weighted by atomic mass is 79.9. The largest absolute Gasteiger partial charge is 0.488 e. The molecule has 1 atom stereocenters. The summed E-state index contributed by atoms with van der Waals surface area (Å²) >= 11 is 9.64. The molecule has 28 heavy (non-hydrogen) atoms. The second kappa shape index (κ2) is 9.12. The number of rotatable bonds is 1. The minimum atomic E-state index is -0.880. The van der Waals surface area contributed by atoms with Crippen molar-refractivity contribution >= 4 is 45.0 Å². The molecule has 1 unspecified atom stereocenters. The standard InChI is InChI=1S/C20H19BrClN3O3/c21-13-4-5-16-14(11-13)20(27)25-17(19(23)26)10-12-3-6-18(15(22)9-12)28-8-2-1-7-24-16/h1-6,9,11,17,24H,7-8,10H2,(H2,23,26)(H,25,27). The van der Waals surface area contributed by atoms with E-state index in [-0.39, 0.29) is 6.42 Å². The monoisotopic (exact) mass is 463 g/mol. The molecule has 146 valence electrons. The summed E-state index contributed by atoms with van der Waals surface area (Å²) in [4.78, 5) is 24.8. The molecule has 2 aromatic carbocycles. The maximum Gasteiger partial charge on any atom is 0.254 e. The molecule has 0 radical (unpaired) electrons. The first-order chi connectivity index (χ1) is 13.4. The molecule has 8 heteroatoms. The minimum Gasteiger partial charge on any atom is -0.488 e. The molecular formula is C20H19BrClN3O3. The number of carbonyl (C=O) groups is 2. The van der Waals surface area contributed by atoms with E-state index in [4.69, 9.17) is 22.1 Å². The maximum atomic E-state index is 12.8. The fraction of sp³-hybridized carbons (Fsp3) is 0.200. The van der Waals surface area contributed by atoms with Crippen LogP contribution in [0.3, 0.4) is 0 Å². The third-order valence-electron chi connectivity index (χ3n) is 4.22. The van der Waals surface area contributed by atoms with Crippen LogP contribution < -0.4 is 21.1 Å². The molecule has 0 spiro atoms. The summed E-state index contributed by atoms with van der Waals surface area (Å²) in [6, 6.07) is 9.68. The number of hydrogen-bond donors (Lipinski definition) is 3. The van der Waals surface area contributed by atoms with Crippen molar-refractivity contribution < 1.29 is 14.3 Å². The van der Waals surface area contributed by atoms with Gasteiger partial charge in [0.15, 0.2) is 0 Å². The minimum absolute atomic E-state index is 0.220. The molecule has 0 saturated heterocycles. The molecule has 4 rings (SSSR count). The van der Waals surface area contributed by atoms with E-state index in [9.17, 15) is 9.59 Å². The normalized spacial score (nSPS) is 17.2. The Morgan fingerprint density at radius 1 is 1.21 bits per heavy atom. The van der Waals surface area contributed by atoms with E-state index in [2.05, 4.69) is 26.6 Å². The molecule has 0 aromatic heterocycles. The van der Waals surface area contributed by atoms with Crippen molar-refractivity contribution in [3.8, 4) is 5.75 Å². The lowest BCUT2D eigenvalue weighted by Gasteiger charge is -2.18. The van der Waals surface area contributed by atoms with Gasteiger partial charge in [0.1, 0.15) is 18.4 Å². The molecule has 2 aliphatic heterocycles. The molecular weight excluding hydrogens is 446 g/mol. The molecule has 2 bridgehead atoms. The molecule has 4 N–H and O–H groups in total. The summed E-state index contributed by atoms with van der Waals surface area (Å²) < 4.78 is 6.40. The van der Waals surface area contributed by atoms with Gasteiger partial charge in [-0.1, -0.05) is 39.7 Å². The number of fused-ring (bicyclic) bond motifs is 9. The zero-order valence-corrected chi connectivity index (χ0v) is 17.2.